The molecule has 2 N–H and O–H groups in total. The second kappa shape index (κ2) is 14.9. The van der Waals surface area contributed by atoms with Crippen LogP contribution in [0.4, 0.5) is 0 Å². The van der Waals surface area contributed by atoms with Gasteiger partial charge in [-0.1, -0.05) is 38.1 Å². The highest BCUT2D eigenvalue weighted by Crippen LogP contribution is 2.31. The number of aryl methyl sites for hydroxylation is 1. The summed E-state index contributed by atoms with van der Waals surface area (Å²) in [5.74, 6) is 0. The van der Waals surface area contributed by atoms with E-state index < -0.39 is 0 Å². The molecule has 1 aliphatic rings. The molecule has 2 rings (SSSR count). The third-order valence-electron chi connectivity index (χ3n) is 7.62. The lowest BCUT2D eigenvalue weighted by Gasteiger charge is -2.39. The Morgan fingerprint density at radius 3 is 2.14 bits per heavy atom. The van der Waals surface area contributed by atoms with E-state index in [4.69, 9.17) is 4.74 Å². The lowest BCUT2D eigenvalue weighted by Crippen LogP contribution is -2.51. The molecule has 0 aliphatic carbocycles. The molecule has 1 saturated heterocycles. The summed E-state index contributed by atoms with van der Waals surface area (Å²) in [6.07, 6.45) is 9.77. The molecule has 4 heteroatoms. The van der Waals surface area contributed by atoms with Crippen LogP contribution in [0.15, 0.2) is 24.3 Å². The molecule has 1 aromatic rings. The van der Waals surface area contributed by atoms with Crippen LogP contribution in [0.5, 0.6) is 0 Å². The van der Waals surface area contributed by atoms with Gasteiger partial charge in [-0.3, -0.25) is 0 Å². The van der Waals surface area contributed by atoms with E-state index in [9.17, 15) is 0 Å². The minimum atomic E-state index is 0.182. The van der Waals surface area contributed by atoms with Gasteiger partial charge in [-0.05, 0) is 129 Å². The Bertz CT molecular complexity index is 712. The topological polar surface area (TPSA) is 36.5 Å². The van der Waals surface area contributed by atoms with E-state index in [0.717, 1.165) is 32.7 Å². The van der Waals surface area contributed by atoms with Gasteiger partial charge in [0.15, 0.2) is 0 Å². The summed E-state index contributed by atoms with van der Waals surface area (Å²) < 4.78 is 5.53. The van der Waals surface area contributed by atoms with Gasteiger partial charge < -0.3 is 20.3 Å². The molecule has 0 saturated carbocycles. The summed E-state index contributed by atoms with van der Waals surface area (Å²) in [5.41, 5.74) is 3.66. The van der Waals surface area contributed by atoms with Gasteiger partial charge in [-0.2, -0.15) is 0 Å². The first-order valence-corrected chi connectivity index (χ1v) is 14.8. The van der Waals surface area contributed by atoms with E-state index in [1.807, 2.05) is 0 Å². The number of piperidine rings is 1. The van der Waals surface area contributed by atoms with Crippen molar-refractivity contribution in [3.63, 3.8) is 0 Å². The lowest BCUT2D eigenvalue weighted by atomic mass is 9.78. The van der Waals surface area contributed by atoms with Crippen molar-refractivity contribution < 1.29 is 4.74 Å². The second-order valence-corrected chi connectivity index (χ2v) is 13.6. The summed E-state index contributed by atoms with van der Waals surface area (Å²) in [6, 6.07) is 10.1. The molecule has 36 heavy (non-hydrogen) atoms. The Morgan fingerprint density at radius 2 is 1.53 bits per heavy atom. The van der Waals surface area contributed by atoms with Crippen molar-refractivity contribution in [1.29, 1.82) is 0 Å². The molecule has 0 spiro atoms. The highest BCUT2D eigenvalue weighted by Gasteiger charge is 2.28. The maximum atomic E-state index is 5.53. The number of hydrogen-bond donors (Lipinski definition) is 2. The van der Waals surface area contributed by atoms with E-state index in [1.165, 1.54) is 69.2 Å². The molecule has 0 bridgehead atoms. The van der Waals surface area contributed by atoms with Crippen molar-refractivity contribution >= 4 is 0 Å². The standard InChI is InChI=1S/C32H59N3O/c1-9-36-25-24-35-22-17-29(18-23-35)34-32(7,8)20-19-31(5,6)26-28-15-13-27(14-16-28)12-10-11-21-33-30(2,3)4/h13-16,29,33-34H,9-12,17-26H2,1-8H3. The molecule has 0 aromatic heterocycles. The number of ether oxygens (including phenoxy) is 1. The largest absolute Gasteiger partial charge is 0.380 e. The highest BCUT2D eigenvalue weighted by molar-refractivity contribution is 5.23. The maximum absolute atomic E-state index is 5.53. The highest BCUT2D eigenvalue weighted by atomic mass is 16.5. The number of nitrogens with zero attached hydrogens (tertiary/aromatic N) is 1. The fraction of sp³-hybridized carbons (Fsp3) is 0.812. The molecule has 0 radical (unpaired) electrons. The van der Waals surface area contributed by atoms with Crippen LogP contribution < -0.4 is 10.6 Å². The van der Waals surface area contributed by atoms with Crippen molar-refractivity contribution in [2.24, 2.45) is 5.41 Å². The van der Waals surface area contributed by atoms with E-state index >= 15 is 0 Å². The number of unbranched alkanes of at least 4 members (excludes halogenated alkanes) is 1. The number of hydrogen-bond acceptors (Lipinski definition) is 4. The average molecular weight is 502 g/mol. The smallest absolute Gasteiger partial charge is 0.0593 e. The molecule has 1 aliphatic heterocycles. The van der Waals surface area contributed by atoms with Crippen molar-refractivity contribution in [2.45, 2.75) is 124 Å². The Kier molecular flexibility index (Phi) is 12.9. The number of likely N-dealkylation sites (tertiary alicyclic amines) is 1. The Morgan fingerprint density at radius 1 is 0.889 bits per heavy atom. The molecular weight excluding hydrogens is 442 g/mol. The van der Waals surface area contributed by atoms with Crippen LogP contribution in [0.25, 0.3) is 0 Å². The van der Waals surface area contributed by atoms with E-state index in [1.54, 1.807) is 0 Å². The molecular formula is C32H59N3O. The zero-order valence-corrected chi connectivity index (χ0v) is 25.1. The van der Waals surface area contributed by atoms with Crippen molar-refractivity contribution in [3.05, 3.63) is 35.4 Å². The zero-order chi connectivity index (χ0) is 26.7. The predicted octanol–water partition coefficient (Wildman–Crippen LogP) is 6.62. The van der Waals surface area contributed by atoms with Crippen LogP contribution in [0, 0.1) is 5.41 Å². The number of benzene rings is 1. The van der Waals surface area contributed by atoms with Gasteiger partial charge in [0.25, 0.3) is 0 Å². The number of nitrogens with one attached hydrogen (secondary N) is 2. The van der Waals surface area contributed by atoms with Gasteiger partial charge in [-0.25, -0.2) is 0 Å². The van der Waals surface area contributed by atoms with Crippen molar-refractivity contribution in [2.75, 3.05) is 39.4 Å². The Balaban J connectivity index is 1.69. The SMILES string of the molecule is CCOCCN1CCC(NC(C)(C)CCC(C)(C)Cc2ccc(CCCCNC(C)(C)C)cc2)CC1. The summed E-state index contributed by atoms with van der Waals surface area (Å²) >= 11 is 0. The Hall–Kier alpha value is -0.940. The molecule has 1 aromatic carbocycles. The van der Waals surface area contributed by atoms with Crippen molar-refractivity contribution in [3.8, 4) is 0 Å². The average Bonchev–Trinajstić information content (AvgIpc) is 2.79. The zero-order valence-electron chi connectivity index (χ0n) is 25.1. The van der Waals surface area contributed by atoms with Crippen LogP contribution in [-0.2, 0) is 17.6 Å². The summed E-state index contributed by atoms with van der Waals surface area (Å²) in [7, 11) is 0. The van der Waals surface area contributed by atoms with Crippen LogP contribution in [0.3, 0.4) is 0 Å². The molecule has 0 unspecified atom stereocenters. The second-order valence-electron chi connectivity index (χ2n) is 13.6. The molecule has 1 fully saturated rings. The lowest BCUT2D eigenvalue weighted by molar-refractivity contribution is 0.0954. The van der Waals surface area contributed by atoms with E-state index in [2.05, 4.69) is 95.2 Å². The first kappa shape index (κ1) is 31.3. The van der Waals surface area contributed by atoms with Gasteiger partial charge in [-0.15, -0.1) is 0 Å². The third kappa shape index (κ3) is 13.6. The first-order chi connectivity index (χ1) is 16.9. The molecule has 1 heterocycles. The summed E-state index contributed by atoms with van der Waals surface area (Å²) in [5, 5.41) is 7.59. The normalized spacial score (nSPS) is 16.6. The molecule has 0 amide bonds. The molecule has 4 nitrogen and oxygen atoms in total. The van der Waals surface area contributed by atoms with Crippen LogP contribution in [-0.4, -0.2) is 61.4 Å². The Labute approximate surface area is 224 Å². The molecule has 0 atom stereocenters. The van der Waals surface area contributed by atoms with Gasteiger partial charge in [0, 0.05) is 30.3 Å². The van der Waals surface area contributed by atoms with Gasteiger partial charge >= 0.3 is 0 Å². The fourth-order valence-electron chi connectivity index (χ4n) is 5.30. The minimum Gasteiger partial charge on any atom is -0.380 e. The summed E-state index contributed by atoms with van der Waals surface area (Å²) in [6.45, 7) is 24.7. The van der Waals surface area contributed by atoms with Gasteiger partial charge in [0.05, 0.1) is 6.61 Å². The van der Waals surface area contributed by atoms with Gasteiger partial charge in [0.1, 0.15) is 0 Å². The monoisotopic (exact) mass is 501 g/mol. The third-order valence-corrected chi connectivity index (χ3v) is 7.62. The fourth-order valence-corrected chi connectivity index (χ4v) is 5.30. The van der Waals surface area contributed by atoms with E-state index in [0.29, 0.717) is 11.5 Å². The van der Waals surface area contributed by atoms with Crippen molar-refractivity contribution in [1.82, 2.24) is 15.5 Å². The van der Waals surface area contributed by atoms with Crippen LogP contribution in [0.1, 0.15) is 105 Å². The van der Waals surface area contributed by atoms with Crippen LogP contribution >= 0.6 is 0 Å². The van der Waals surface area contributed by atoms with Crippen LogP contribution in [0.2, 0.25) is 0 Å². The quantitative estimate of drug-likeness (QED) is 0.250. The minimum absolute atomic E-state index is 0.182. The first-order valence-electron chi connectivity index (χ1n) is 14.8. The van der Waals surface area contributed by atoms with E-state index in [-0.39, 0.29) is 11.1 Å². The maximum Gasteiger partial charge on any atom is 0.0593 e. The number of rotatable bonds is 16. The van der Waals surface area contributed by atoms with Gasteiger partial charge in [0.2, 0.25) is 0 Å². The molecule has 208 valence electrons. The predicted molar refractivity (Wildman–Crippen MR) is 157 cm³/mol. The summed E-state index contributed by atoms with van der Waals surface area (Å²) in [4.78, 5) is 2.56.